The van der Waals surface area contributed by atoms with E-state index in [9.17, 15) is 5.11 Å². The molecule has 2 aromatic rings. The Labute approximate surface area is 124 Å². The molecule has 21 heavy (non-hydrogen) atoms. The van der Waals surface area contributed by atoms with Crippen molar-refractivity contribution in [2.75, 3.05) is 13.2 Å². The fourth-order valence-corrected chi connectivity index (χ4v) is 2.73. The fraction of sp³-hybridized carbons (Fsp3) is 0.533. The second kappa shape index (κ2) is 5.91. The van der Waals surface area contributed by atoms with E-state index in [-0.39, 0.29) is 12.6 Å². The van der Waals surface area contributed by atoms with Gasteiger partial charge in [-0.3, -0.25) is 0 Å². The third-order valence-corrected chi connectivity index (χ3v) is 3.90. The molecule has 0 spiro atoms. The van der Waals surface area contributed by atoms with Crippen molar-refractivity contribution in [1.29, 1.82) is 0 Å². The number of imidazole rings is 1. The summed E-state index contributed by atoms with van der Waals surface area (Å²) in [6.45, 7) is 5.18. The zero-order valence-electron chi connectivity index (χ0n) is 12.4. The molecular weight excluding hydrogens is 266 g/mol. The highest BCUT2D eigenvalue weighted by molar-refractivity contribution is 5.49. The van der Waals surface area contributed by atoms with Gasteiger partial charge < -0.3 is 15.0 Å². The fourth-order valence-electron chi connectivity index (χ4n) is 2.73. The monoisotopic (exact) mass is 287 g/mol. The number of nitrogens with one attached hydrogen (secondary N) is 1. The second-order valence-electron chi connectivity index (χ2n) is 5.79. The lowest BCUT2D eigenvalue weighted by Gasteiger charge is -2.15. The van der Waals surface area contributed by atoms with E-state index in [0.717, 1.165) is 30.3 Å². The van der Waals surface area contributed by atoms with Crippen molar-refractivity contribution in [1.82, 2.24) is 24.8 Å². The Morgan fingerprint density at radius 2 is 2.24 bits per heavy atom. The Balaban J connectivity index is 1.90. The number of nitrogens with zero attached hydrogens (tertiary/aromatic N) is 4. The maximum absolute atomic E-state index is 9.26. The van der Waals surface area contributed by atoms with Crippen LogP contribution in [-0.4, -0.2) is 43.8 Å². The molecule has 0 unspecified atom stereocenters. The standard InChI is InChI=1S/C15H21N5O/c1-10(2)14-16-4-3-13(19-14)15-17-5-6-20(15)12-7-11(9-21)18-8-12/h3-6,10-12,18,21H,7-9H2,1-2H3/t11-,12+/m1/s1. The number of aromatic nitrogens is 4. The molecular formula is C15H21N5O. The summed E-state index contributed by atoms with van der Waals surface area (Å²) in [5.74, 6) is 1.99. The van der Waals surface area contributed by atoms with E-state index in [4.69, 9.17) is 0 Å². The number of aliphatic hydroxyl groups excluding tert-OH is 1. The summed E-state index contributed by atoms with van der Waals surface area (Å²) in [5.41, 5.74) is 0.853. The van der Waals surface area contributed by atoms with Crippen LogP contribution in [0.25, 0.3) is 11.5 Å². The SMILES string of the molecule is CC(C)c1nccc(-c2nccn2[C@@H]2CN[C@@H](CO)C2)n1. The normalized spacial score (nSPS) is 22.1. The number of hydrogen-bond donors (Lipinski definition) is 2. The van der Waals surface area contributed by atoms with Crippen LogP contribution in [0, 0.1) is 0 Å². The van der Waals surface area contributed by atoms with E-state index < -0.39 is 0 Å². The number of rotatable bonds is 4. The number of hydrogen-bond acceptors (Lipinski definition) is 5. The van der Waals surface area contributed by atoms with E-state index in [0.29, 0.717) is 12.0 Å². The maximum Gasteiger partial charge on any atom is 0.159 e. The molecule has 6 nitrogen and oxygen atoms in total. The minimum atomic E-state index is 0.168. The first-order chi connectivity index (χ1) is 10.2. The van der Waals surface area contributed by atoms with Crippen LogP contribution in [0.5, 0.6) is 0 Å². The average molecular weight is 287 g/mol. The van der Waals surface area contributed by atoms with Gasteiger partial charge in [0.15, 0.2) is 5.82 Å². The van der Waals surface area contributed by atoms with Crippen molar-refractivity contribution in [3.05, 3.63) is 30.5 Å². The quantitative estimate of drug-likeness (QED) is 0.888. The van der Waals surface area contributed by atoms with Crippen molar-refractivity contribution >= 4 is 0 Å². The zero-order chi connectivity index (χ0) is 14.8. The van der Waals surface area contributed by atoms with Gasteiger partial charge in [-0.25, -0.2) is 15.0 Å². The first-order valence-corrected chi connectivity index (χ1v) is 7.39. The van der Waals surface area contributed by atoms with E-state index >= 15 is 0 Å². The lowest BCUT2D eigenvalue weighted by molar-refractivity contribution is 0.253. The van der Waals surface area contributed by atoms with Crippen LogP contribution in [0.1, 0.15) is 38.1 Å². The molecule has 3 heterocycles. The second-order valence-corrected chi connectivity index (χ2v) is 5.79. The molecule has 6 heteroatoms. The van der Waals surface area contributed by atoms with Gasteiger partial charge in [0, 0.05) is 43.1 Å². The molecule has 0 bridgehead atoms. The third kappa shape index (κ3) is 2.82. The predicted molar refractivity (Wildman–Crippen MR) is 79.9 cm³/mol. The summed E-state index contributed by atoms with van der Waals surface area (Å²) in [4.78, 5) is 13.4. The van der Waals surface area contributed by atoms with Crippen LogP contribution in [-0.2, 0) is 0 Å². The molecule has 0 amide bonds. The summed E-state index contributed by atoms with van der Waals surface area (Å²) < 4.78 is 2.15. The smallest absolute Gasteiger partial charge is 0.159 e. The summed E-state index contributed by atoms with van der Waals surface area (Å²) in [6.07, 6.45) is 6.49. The number of aliphatic hydroxyl groups is 1. The first-order valence-electron chi connectivity index (χ1n) is 7.39. The lowest BCUT2D eigenvalue weighted by atomic mass is 10.1. The van der Waals surface area contributed by atoms with E-state index in [1.54, 1.807) is 12.4 Å². The van der Waals surface area contributed by atoms with Crippen molar-refractivity contribution in [3.8, 4) is 11.5 Å². The Bertz CT molecular complexity index is 610. The minimum Gasteiger partial charge on any atom is -0.395 e. The highest BCUT2D eigenvalue weighted by atomic mass is 16.3. The summed E-state index contributed by atoms with van der Waals surface area (Å²) >= 11 is 0. The van der Waals surface area contributed by atoms with Crippen LogP contribution in [0.15, 0.2) is 24.7 Å². The molecule has 2 atom stereocenters. The Morgan fingerprint density at radius 3 is 2.95 bits per heavy atom. The topological polar surface area (TPSA) is 75.9 Å². The van der Waals surface area contributed by atoms with Gasteiger partial charge in [-0.05, 0) is 12.5 Å². The summed E-state index contributed by atoms with van der Waals surface area (Å²) in [7, 11) is 0. The molecule has 3 rings (SSSR count). The van der Waals surface area contributed by atoms with Crippen LogP contribution in [0.3, 0.4) is 0 Å². The van der Waals surface area contributed by atoms with Crippen molar-refractivity contribution in [2.45, 2.75) is 38.3 Å². The predicted octanol–water partition coefficient (Wildman–Crippen LogP) is 1.36. The van der Waals surface area contributed by atoms with Gasteiger partial charge in [-0.1, -0.05) is 13.8 Å². The largest absolute Gasteiger partial charge is 0.395 e. The average Bonchev–Trinajstić information content (AvgIpc) is 3.15. The third-order valence-electron chi connectivity index (χ3n) is 3.90. The highest BCUT2D eigenvalue weighted by Crippen LogP contribution is 2.26. The van der Waals surface area contributed by atoms with Gasteiger partial charge in [0.05, 0.1) is 6.61 Å². The molecule has 1 aliphatic heterocycles. The first kappa shape index (κ1) is 14.2. The van der Waals surface area contributed by atoms with Gasteiger partial charge in [-0.2, -0.15) is 0 Å². The summed E-state index contributed by atoms with van der Waals surface area (Å²) in [6, 6.07) is 2.37. The van der Waals surface area contributed by atoms with E-state index in [2.05, 4.69) is 38.7 Å². The van der Waals surface area contributed by atoms with Crippen LogP contribution in [0.2, 0.25) is 0 Å². The van der Waals surface area contributed by atoms with Crippen molar-refractivity contribution < 1.29 is 5.11 Å². The molecule has 1 aliphatic rings. The molecule has 2 N–H and O–H groups in total. The van der Waals surface area contributed by atoms with Crippen LogP contribution < -0.4 is 5.32 Å². The molecule has 0 radical (unpaired) electrons. The highest BCUT2D eigenvalue weighted by Gasteiger charge is 2.26. The van der Waals surface area contributed by atoms with Crippen LogP contribution in [0.4, 0.5) is 0 Å². The molecule has 1 saturated heterocycles. The van der Waals surface area contributed by atoms with E-state index in [1.807, 2.05) is 12.3 Å². The lowest BCUT2D eigenvalue weighted by Crippen LogP contribution is -2.24. The maximum atomic E-state index is 9.26. The molecule has 0 saturated carbocycles. The van der Waals surface area contributed by atoms with Crippen molar-refractivity contribution in [3.63, 3.8) is 0 Å². The van der Waals surface area contributed by atoms with Gasteiger partial charge in [-0.15, -0.1) is 0 Å². The Morgan fingerprint density at radius 1 is 1.38 bits per heavy atom. The molecule has 0 aliphatic carbocycles. The van der Waals surface area contributed by atoms with Gasteiger partial charge in [0.25, 0.3) is 0 Å². The van der Waals surface area contributed by atoms with E-state index in [1.165, 1.54) is 0 Å². The molecule has 2 aromatic heterocycles. The minimum absolute atomic E-state index is 0.168. The summed E-state index contributed by atoms with van der Waals surface area (Å²) in [5, 5.41) is 12.6. The van der Waals surface area contributed by atoms with Crippen molar-refractivity contribution in [2.24, 2.45) is 0 Å². The Kier molecular flexibility index (Phi) is 3.98. The Hall–Kier alpha value is -1.79. The molecule has 112 valence electrons. The van der Waals surface area contributed by atoms with Gasteiger partial charge in [0.2, 0.25) is 0 Å². The molecule has 1 fully saturated rings. The van der Waals surface area contributed by atoms with Crippen LogP contribution >= 0.6 is 0 Å². The van der Waals surface area contributed by atoms with Gasteiger partial charge >= 0.3 is 0 Å². The molecule has 0 aromatic carbocycles. The zero-order valence-corrected chi connectivity index (χ0v) is 12.4. The van der Waals surface area contributed by atoms with Gasteiger partial charge in [0.1, 0.15) is 11.5 Å².